The van der Waals surface area contributed by atoms with Crippen molar-refractivity contribution in [3.63, 3.8) is 0 Å². The number of aromatic amines is 1. The first-order valence-corrected chi connectivity index (χ1v) is 8.59. The second kappa shape index (κ2) is 7.58. The van der Waals surface area contributed by atoms with E-state index in [1.807, 2.05) is 31.2 Å². The van der Waals surface area contributed by atoms with Crippen molar-refractivity contribution in [2.75, 3.05) is 0 Å². The number of aromatic nitrogens is 1. The van der Waals surface area contributed by atoms with Crippen LogP contribution in [0, 0.1) is 6.92 Å². The molecule has 0 amide bonds. The van der Waals surface area contributed by atoms with Crippen LogP contribution in [0.1, 0.15) is 28.5 Å². The van der Waals surface area contributed by atoms with Crippen molar-refractivity contribution < 1.29 is 14.3 Å². The van der Waals surface area contributed by atoms with E-state index < -0.39 is 12.1 Å². The van der Waals surface area contributed by atoms with Gasteiger partial charge in [-0.25, -0.2) is 4.79 Å². The summed E-state index contributed by atoms with van der Waals surface area (Å²) in [6.45, 7) is 3.42. The number of nitrogens with one attached hydrogen (secondary N) is 1. The number of carbonyl (C=O) groups excluding carboxylic acids is 2. The standard InChI is InChI=1S/C21H18ClNO3/c1-13-20(17-5-3-4-6-18(17)23-13)21(25)14(2)26-19(24)12-9-15-7-10-16(22)11-8-15/h3-12,14,23H,1-2H3/b12-9+/t14-/m1/s1. The van der Waals surface area contributed by atoms with E-state index in [2.05, 4.69) is 4.98 Å². The summed E-state index contributed by atoms with van der Waals surface area (Å²) >= 11 is 5.83. The Morgan fingerprint density at radius 1 is 1.12 bits per heavy atom. The van der Waals surface area contributed by atoms with Crippen LogP contribution < -0.4 is 0 Å². The molecule has 5 heteroatoms. The fourth-order valence-electron chi connectivity index (χ4n) is 2.80. The summed E-state index contributed by atoms with van der Waals surface area (Å²) in [5, 5.41) is 1.45. The Morgan fingerprint density at radius 3 is 2.54 bits per heavy atom. The Labute approximate surface area is 156 Å². The third kappa shape index (κ3) is 3.86. The summed E-state index contributed by atoms with van der Waals surface area (Å²) in [6, 6.07) is 14.6. The van der Waals surface area contributed by atoms with Crippen molar-refractivity contribution in [1.29, 1.82) is 0 Å². The van der Waals surface area contributed by atoms with Gasteiger partial charge >= 0.3 is 5.97 Å². The van der Waals surface area contributed by atoms with Crippen LogP contribution >= 0.6 is 11.6 Å². The fraction of sp³-hybridized carbons (Fsp3) is 0.143. The predicted molar refractivity (Wildman–Crippen MR) is 103 cm³/mol. The molecule has 2 aromatic carbocycles. The lowest BCUT2D eigenvalue weighted by Crippen LogP contribution is -2.24. The predicted octanol–water partition coefficient (Wildman–Crippen LogP) is 4.96. The van der Waals surface area contributed by atoms with Gasteiger partial charge < -0.3 is 9.72 Å². The number of benzene rings is 2. The molecule has 0 saturated heterocycles. The molecular weight excluding hydrogens is 350 g/mol. The average Bonchev–Trinajstić information content (AvgIpc) is 2.96. The molecule has 0 aliphatic heterocycles. The lowest BCUT2D eigenvalue weighted by molar-refractivity contribution is -0.140. The van der Waals surface area contributed by atoms with Crippen molar-refractivity contribution in [3.05, 3.63) is 76.5 Å². The zero-order valence-electron chi connectivity index (χ0n) is 14.5. The molecule has 1 aromatic heterocycles. The molecule has 0 aliphatic carbocycles. The number of H-pyrrole nitrogens is 1. The Balaban J connectivity index is 1.71. The van der Waals surface area contributed by atoms with E-state index in [4.69, 9.17) is 16.3 Å². The maximum absolute atomic E-state index is 12.8. The maximum atomic E-state index is 12.8. The van der Waals surface area contributed by atoms with E-state index in [0.29, 0.717) is 10.6 Å². The first kappa shape index (κ1) is 18.0. The van der Waals surface area contributed by atoms with Crippen LogP contribution in [0.2, 0.25) is 5.02 Å². The highest BCUT2D eigenvalue weighted by Gasteiger charge is 2.23. The number of rotatable bonds is 5. The molecule has 26 heavy (non-hydrogen) atoms. The summed E-state index contributed by atoms with van der Waals surface area (Å²) in [5.74, 6) is -0.800. The minimum Gasteiger partial charge on any atom is -0.451 e. The van der Waals surface area contributed by atoms with Gasteiger partial charge in [0.2, 0.25) is 5.78 Å². The van der Waals surface area contributed by atoms with Gasteiger partial charge in [0, 0.05) is 33.3 Å². The number of esters is 1. The molecular formula is C21H18ClNO3. The minimum absolute atomic E-state index is 0.229. The number of carbonyl (C=O) groups is 2. The monoisotopic (exact) mass is 367 g/mol. The summed E-state index contributed by atoms with van der Waals surface area (Å²) in [7, 11) is 0. The molecule has 0 unspecified atom stereocenters. The summed E-state index contributed by atoms with van der Waals surface area (Å²) in [5.41, 5.74) is 3.02. The Hall–Kier alpha value is -2.85. The van der Waals surface area contributed by atoms with Gasteiger partial charge in [-0.2, -0.15) is 0 Å². The molecule has 1 heterocycles. The van der Waals surface area contributed by atoms with Gasteiger partial charge in [0.05, 0.1) is 0 Å². The first-order chi connectivity index (χ1) is 12.5. The largest absolute Gasteiger partial charge is 0.451 e. The lowest BCUT2D eigenvalue weighted by Gasteiger charge is -2.11. The van der Waals surface area contributed by atoms with Gasteiger partial charge in [-0.05, 0) is 43.7 Å². The molecule has 1 N–H and O–H groups in total. The number of ketones is 1. The molecule has 132 valence electrons. The van der Waals surface area contributed by atoms with E-state index in [0.717, 1.165) is 22.2 Å². The zero-order chi connectivity index (χ0) is 18.7. The summed E-state index contributed by atoms with van der Waals surface area (Å²) in [4.78, 5) is 28.0. The fourth-order valence-corrected chi connectivity index (χ4v) is 2.93. The summed E-state index contributed by atoms with van der Waals surface area (Å²) < 4.78 is 5.27. The van der Waals surface area contributed by atoms with E-state index in [1.54, 1.807) is 37.3 Å². The van der Waals surface area contributed by atoms with E-state index in [1.165, 1.54) is 6.08 Å². The Morgan fingerprint density at radius 2 is 1.81 bits per heavy atom. The smallest absolute Gasteiger partial charge is 0.331 e. The number of ether oxygens (including phenoxy) is 1. The second-order valence-corrected chi connectivity index (χ2v) is 6.44. The minimum atomic E-state index is -0.879. The quantitative estimate of drug-likeness (QED) is 0.394. The Bertz CT molecular complexity index is 986. The van der Waals surface area contributed by atoms with Crippen LogP contribution in [0.25, 0.3) is 17.0 Å². The zero-order valence-corrected chi connectivity index (χ0v) is 15.2. The number of fused-ring (bicyclic) bond motifs is 1. The van der Waals surface area contributed by atoms with Gasteiger partial charge in [-0.15, -0.1) is 0 Å². The van der Waals surface area contributed by atoms with Crippen LogP contribution in [-0.4, -0.2) is 22.8 Å². The highest BCUT2D eigenvalue weighted by atomic mass is 35.5. The summed E-state index contributed by atoms with van der Waals surface area (Å²) in [6.07, 6.45) is 2.04. The van der Waals surface area contributed by atoms with Gasteiger partial charge in [0.15, 0.2) is 6.10 Å². The molecule has 0 radical (unpaired) electrons. The van der Waals surface area contributed by atoms with Crippen LogP contribution in [0.15, 0.2) is 54.6 Å². The number of Topliss-reactive ketones (excluding diaryl/α,β-unsaturated/α-hetero) is 1. The van der Waals surface area contributed by atoms with E-state index in [-0.39, 0.29) is 5.78 Å². The van der Waals surface area contributed by atoms with Crippen LogP contribution in [0.5, 0.6) is 0 Å². The van der Waals surface area contributed by atoms with Crippen LogP contribution in [0.4, 0.5) is 0 Å². The molecule has 0 saturated carbocycles. The molecule has 0 spiro atoms. The van der Waals surface area contributed by atoms with Gasteiger partial charge in [0.1, 0.15) is 0 Å². The second-order valence-electron chi connectivity index (χ2n) is 6.00. The average molecular weight is 368 g/mol. The molecule has 3 rings (SSSR count). The molecule has 0 bridgehead atoms. The van der Waals surface area contributed by atoms with Crippen molar-refractivity contribution in [2.45, 2.75) is 20.0 Å². The van der Waals surface area contributed by atoms with E-state index in [9.17, 15) is 9.59 Å². The van der Waals surface area contributed by atoms with Crippen LogP contribution in [0.3, 0.4) is 0 Å². The number of hydrogen-bond acceptors (Lipinski definition) is 3. The number of halogens is 1. The SMILES string of the molecule is Cc1[nH]c2ccccc2c1C(=O)[C@@H](C)OC(=O)/C=C/c1ccc(Cl)cc1. The highest BCUT2D eigenvalue weighted by Crippen LogP contribution is 2.23. The normalized spacial score (nSPS) is 12.4. The van der Waals surface area contributed by atoms with Gasteiger partial charge in [-0.1, -0.05) is 41.9 Å². The topological polar surface area (TPSA) is 59.2 Å². The van der Waals surface area contributed by atoms with Gasteiger partial charge in [0.25, 0.3) is 0 Å². The first-order valence-electron chi connectivity index (χ1n) is 8.21. The van der Waals surface area contributed by atoms with Gasteiger partial charge in [-0.3, -0.25) is 4.79 Å². The molecule has 0 fully saturated rings. The third-order valence-electron chi connectivity index (χ3n) is 4.08. The van der Waals surface area contributed by atoms with Crippen molar-refractivity contribution in [1.82, 2.24) is 4.98 Å². The van der Waals surface area contributed by atoms with Crippen molar-refractivity contribution in [3.8, 4) is 0 Å². The molecule has 1 atom stereocenters. The number of hydrogen-bond donors (Lipinski definition) is 1. The number of para-hydroxylation sites is 1. The van der Waals surface area contributed by atoms with Crippen LogP contribution in [-0.2, 0) is 9.53 Å². The highest BCUT2D eigenvalue weighted by molar-refractivity contribution is 6.30. The lowest BCUT2D eigenvalue weighted by atomic mass is 10.0. The Kier molecular flexibility index (Phi) is 5.24. The molecule has 4 nitrogen and oxygen atoms in total. The van der Waals surface area contributed by atoms with Crippen molar-refractivity contribution in [2.24, 2.45) is 0 Å². The maximum Gasteiger partial charge on any atom is 0.331 e. The molecule has 3 aromatic rings. The van der Waals surface area contributed by atoms with E-state index >= 15 is 0 Å². The van der Waals surface area contributed by atoms with Crippen molar-refractivity contribution >= 4 is 40.3 Å². The third-order valence-corrected chi connectivity index (χ3v) is 4.34. The number of aryl methyl sites for hydroxylation is 1. The molecule has 0 aliphatic rings.